The molecule has 2 amide bonds. The molecule has 178 valence electrons. The third kappa shape index (κ3) is 8.17. The number of carbonyl (C=O) groups is 2. The average Bonchev–Trinajstić information content (AvgIpc) is 3.23. The van der Waals surface area contributed by atoms with Crippen LogP contribution in [0, 0.1) is 5.92 Å². The number of nitrogens with one attached hydrogen (secondary N) is 2. The summed E-state index contributed by atoms with van der Waals surface area (Å²) in [5.41, 5.74) is 8.30. The van der Waals surface area contributed by atoms with Crippen molar-refractivity contribution >= 4 is 33.4 Å². The first-order chi connectivity index (χ1) is 15.4. The smallest absolute Gasteiger partial charge is 0.220 e. The summed E-state index contributed by atoms with van der Waals surface area (Å²) in [6.45, 7) is 6.76. The molecule has 0 bridgehead atoms. The number of carbonyl (C=O) groups excluding carboxylic acids is 2. The minimum atomic E-state index is 0.0926. The summed E-state index contributed by atoms with van der Waals surface area (Å²) >= 11 is 1.71. The summed E-state index contributed by atoms with van der Waals surface area (Å²) < 4.78 is 1.22. The highest BCUT2D eigenvalue weighted by Crippen LogP contribution is 2.28. The molecule has 1 heterocycles. The van der Waals surface area contributed by atoms with E-state index in [1.165, 1.54) is 42.4 Å². The van der Waals surface area contributed by atoms with Gasteiger partial charge in [0.25, 0.3) is 0 Å². The van der Waals surface area contributed by atoms with Gasteiger partial charge in [-0.15, -0.1) is 11.3 Å². The van der Waals surface area contributed by atoms with Crippen LogP contribution < -0.4 is 16.4 Å². The Morgan fingerprint density at radius 2 is 1.91 bits per heavy atom. The highest BCUT2D eigenvalue weighted by Gasteiger charge is 2.23. The summed E-state index contributed by atoms with van der Waals surface area (Å²) in [5, 5.41) is 6.69. The number of aryl methyl sites for hydroxylation is 1. The van der Waals surface area contributed by atoms with Crippen molar-refractivity contribution in [2.75, 3.05) is 13.6 Å². The molecule has 4 N–H and O–H groups in total. The largest absolute Gasteiger partial charge is 0.359 e. The lowest BCUT2D eigenvalue weighted by molar-refractivity contribution is -0.122. The molecule has 1 saturated carbocycles. The van der Waals surface area contributed by atoms with E-state index >= 15 is 0 Å². The summed E-state index contributed by atoms with van der Waals surface area (Å²) in [6, 6.07) is 6.61. The van der Waals surface area contributed by atoms with Crippen molar-refractivity contribution in [2.45, 2.75) is 84.1 Å². The number of hydrogen-bond donors (Lipinski definition) is 3. The van der Waals surface area contributed by atoms with Crippen LogP contribution in [-0.4, -0.2) is 36.4 Å². The second-order valence-corrected chi connectivity index (χ2v) is 9.94. The number of benzene rings is 1. The number of fused-ring (bicyclic) bond motifs is 1. The molecule has 0 radical (unpaired) electrons. The maximum absolute atomic E-state index is 12.4. The maximum atomic E-state index is 12.4. The summed E-state index contributed by atoms with van der Waals surface area (Å²) in [4.78, 5) is 27.2. The van der Waals surface area contributed by atoms with Crippen molar-refractivity contribution in [3.63, 3.8) is 0 Å². The number of thiazole rings is 1. The molecule has 0 aliphatic heterocycles. The average molecular weight is 461 g/mol. The number of aromatic nitrogens is 1. The molecular formula is C25H40N4O2S. The molecule has 6 nitrogen and oxygen atoms in total. The lowest BCUT2D eigenvalue weighted by Crippen LogP contribution is -2.45. The van der Waals surface area contributed by atoms with Gasteiger partial charge in [-0.1, -0.05) is 46.1 Å². The fourth-order valence-electron chi connectivity index (χ4n) is 4.04. The number of hydrogen-bond acceptors (Lipinski definition) is 5. The Hall–Kier alpha value is -1.99. The predicted molar refractivity (Wildman–Crippen MR) is 134 cm³/mol. The Balaban J connectivity index is 0.000000534. The molecule has 1 unspecified atom stereocenters. The van der Waals surface area contributed by atoms with E-state index in [2.05, 4.69) is 47.7 Å². The Morgan fingerprint density at radius 1 is 1.19 bits per heavy atom. The van der Waals surface area contributed by atoms with Crippen molar-refractivity contribution in [3.05, 3.63) is 28.8 Å². The van der Waals surface area contributed by atoms with Gasteiger partial charge in [-0.25, -0.2) is 4.98 Å². The van der Waals surface area contributed by atoms with Crippen LogP contribution in [0.5, 0.6) is 0 Å². The molecule has 1 atom stereocenters. The predicted octanol–water partition coefficient (Wildman–Crippen LogP) is 4.52. The molecule has 0 saturated heterocycles. The molecule has 7 heteroatoms. The number of rotatable bonds is 8. The standard InChI is InChI=1S/C21H31N3OS.C4H9NO/c1-14(2)16-8-9-17-19(12-16)26-21(24-17)11-10-20(25)23-18(13-22)15-6-4-3-5-7-15;1-3-4(6)5-2/h8-9,12,14-15,18H,3-7,10-11,13,22H2,1-2H3,(H,23,25);3H2,1-2H3,(H,5,6). The molecule has 1 fully saturated rings. The van der Waals surface area contributed by atoms with Crippen LogP contribution >= 0.6 is 11.3 Å². The van der Waals surface area contributed by atoms with Gasteiger partial charge < -0.3 is 16.4 Å². The molecule has 1 aromatic heterocycles. The van der Waals surface area contributed by atoms with E-state index in [4.69, 9.17) is 5.73 Å². The Morgan fingerprint density at radius 3 is 2.47 bits per heavy atom. The lowest BCUT2D eigenvalue weighted by Gasteiger charge is -2.30. The lowest BCUT2D eigenvalue weighted by atomic mass is 9.84. The third-order valence-corrected chi connectivity index (χ3v) is 7.19. The van der Waals surface area contributed by atoms with E-state index in [0.29, 0.717) is 37.6 Å². The minimum Gasteiger partial charge on any atom is -0.359 e. The molecule has 2 aromatic rings. The number of amides is 2. The quantitative estimate of drug-likeness (QED) is 0.539. The second kappa shape index (κ2) is 13.5. The van der Waals surface area contributed by atoms with Crippen molar-refractivity contribution in [1.82, 2.24) is 15.6 Å². The summed E-state index contributed by atoms with van der Waals surface area (Å²) in [5.74, 6) is 1.27. The van der Waals surface area contributed by atoms with Gasteiger partial charge in [-0.2, -0.15) is 0 Å². The van der Waals surface area contributed by atoms with Gasteiger partial charge in [0.05, 0.1) is 15.2 Å². The highest BCUT2D eigenvalue weighted by molar-refractivity contribution is 7.18. The fourth-order valence-corrected chi connectivity index (χ4v) is 5.05. The van der Waals surface area contributed by atoms with E-state index in [0.717, 1.165) is 10.5 Å². The van der Waals surface area contributed by atoms with Crippen LogP contribution in [0.15, 0.2) is 18.2 Å². The first-order valence-electron chi connectivity index (χ1n) is 12.0. The van der Waals surface area contributed by atoms with Crippen LogP contribution in [-0.2, 0) is 16.0 Å². The SMILES string of the molecule is CC(C)c1ccc2nc(CCC(=O)NC(CN)C3CCCCC3)sc2c1.CCC(=O)NC. The van der Waals surface area contributed by atoms with E-state index < -0.39 is 0 Å². The van der Waals surface area contributed by atoms with Gasteiger partial charge in [0.1, 0.15) is 0 Å². The summed E-state index contributed by atoms with van der Waals surface area (Å²) in [6.07, 6.45) is 8.00. The van der Waals surface area contributed by atoms with Crippen molar-refractivity contribution in [3.8, 4) is 0 Å². The second-order valence-electron chi connectivity index (χ2n) is 8.82. The Bertz CT molecular complexity index is 853. The third-order valence-electron chi connectivity index (χ3n) is 6.11. The first kappa shape index (κ1) is 26.3. The van der Waals surface area contributed by atoms with Gasteiger partial charge in [0.2, 0.25) is 11.8 Å². The van der Waals surface area contributed by atoms with Gasteiger partial charge in [0, 0.05) is 38.9 Å². The van der Waals surface area contributed by atoms with Crippen LogP contribution in [0.25, 0.3) is 10.2 Å². The minimum absolute atomic E-state index is 0.0926. The monoisotopic (exact) mass is 460 g/mol. The Kier molecular flexibility index (Phi) is 11.1. The number of nitrogens with zero attached hydrogens (tertiary/aromatic N) is 1. The molecule has 1 aliphatic rings. The van der Waals surface area contributed by atoms with Crippen molar-refractivity contribution in [1.29, 1.82) is 0 Å². The van der Waals surface area contributed by atoms with E-state index in [9.17, 15) is 9.59 Å². The molecule has 0 spiro atoms. The summed E-state index contributed by atoms with van der Waals surface area (Å²) in [7, 11) is 1.63. The molecular weight excluding hydrogens is 420 g/mol. The Labute approximate surface area is 196 Å². The molecule has 3 rings (SSSR count). The zero-order valence-electron chi connectivity index (χ0n) is 20.1. The first-order valence-corrected chi connectivity index (χ1v) is 12.8. The topological polar surface area (TPSA) is 97.1 Å². The zero-order valence-corrected chi connectivity index (χ0v) is 20.9. The van der Waals surface area contributed by atoms with Crippen LogP contribution in [0.2, 0.25) is 0 Å². The molecule has 32 heavy (non-hydrogen) atoms. The van der Waals surface area contributed by atoms with Gasteiger partial charge in [0.15, 0.2) is 0 Å². The molecule has 1 aromatic carbocycles. The van der Waals surface area contributed by atoms with Crippen molar-refractivity contribution < 1.29 is 9.59 Å². The van der Waals surface area contributed by atoms with Crippen LogP contribution in [0.4, 0.5) is 0 Å². The number of nitrogens with two attached hydrogens (primary N) is 1. The van der Waals surface area contributed by atoms with Crippen LogP contribution in [0.1, 0.15) is 82.2 Å². The van der Waals surface area contributed by atoms with E-state index in [1.807, 2.05) is 6.92 Å². The normalized spacial score (nSPS) is 15.2. The van der Waals surface area contributed by atoms with E-state index in [1.54, 1.807) is 18.4 Å². The van der Waals surface area contributed by atoms with E-state index in [-0.39, 0.29) is 17.9 Å². The van der Waals surface area contributed by atoms with Gasteiger partial charge in [-0.3, -0.25) is 9.59 Å². The van der Waals surface area contributed by atoms with Crippen molar-refractivity contribution in [2.24, 2.45) is 11.7 Å². The highest BCUT2D eigenvalue weighted by atomic mass is 32.1. The fraction of sp³-hybridized carbons (Fsp3) is 0.640. The zero-order chi connectivity index (χ0) is 23.5. The maximum Gasteiger partial charge on any atom is 0.220 e. The van der Waals surface area contributed by atoms with Gasteiger partial charge in [-0.05, 0) is 42.4 Å². The van der Waals surface area contributed by atoms with Crippen LogP contribution in [0.3, 0.4) is 0 Å². The molecule has 1 aliphatic carbocycles. The van der Waals surface area contributed by atoms with Gasteiger partial charge >= 0.3 is 0 Å².